The monoisotopic (exact) mass is 187 g/mol. The molecule has 5 nitrogen and oxygen atoms in total. The van der Waals surface area contributed by atoms with Gasteiger partial charge in [-0.25, -0.2) is 9.59 Å². The SMILES string of the molecule is CCOC(=O)N1C[C@]1(C)C(=O)OC. The molecular formula is C8H13NO4. The summed E-state index contributed by atoms with van der Waals surface area (Å²) in [6.07, 6.45) is -0.463. The van der Waals surface area contributed by atoms with Crippen LogP contribution in [0.4, 0.5) is 4.79 Å². The highest BCUT2D eigenvalue weighted by molar-refractivity contribution is 5.91. The van der Waals surface area contributed by atoms with E-state index in [1.807, 2.05) is 0 Å². The summed E-state index contributed by atoms with van der Waals surface area (Å²) < 4.78 is 9.28. The second-order valence-electron chi connectivity index (χ2n) is 3.05. The summed E-state index contributed by atoms with van der Waals surface area (Å²) in [5, 5.41) is 0. The van der Waals surface area contributed by atoms with Crippen molar-refractivity contribution < 1.29 is 19.1 Å². The Morgan fingerprint density at radius 2 is 2.15 bits per heavy atom. The Morgan fingerprint density at radius 3 is 2.62 bits per heavy atom. The number of carbonyl (C=O) groups excluding carboxylic acids is 2. The van der Waals surface area contributed by atoms with Gasteiger partial charge < -0.3 is 9.47 Å². The number of hydrogen-bond donors (Lipinski definition) is 0. The minimum Gasteiger partial charge on any atom is -0.467 e. The summed E-state index contributed by atoms with van der Waals surface area (Å²) in [6, 6.07) is 0. The van der Waals surface area contributed by atoms with Crippen LogP contribution in [0.25, 0.3) is 0 Å². The Morgan fingerprint density at radius 1 is 1.54 bits per heavy atom. The van der Waals surface area contributed by atoms with Crippen LogP contribution in [0.5, 0.6) is 0 Å². The van der Waals surface area contributed by atoms with Crippen molar-refractivity contribution in [3.63, 3.8) is 0 Å². The molecule has 1 heterocycles. The van der Waals surface area contributed by atoms with Crippen LogP contribution in [-0.2, 0) is 14.3 Å². The van der Waals surface area contributed by atoms with Gasteiger partial charge >= 0.3 is 12.1 Å². The number of nitrogens with zero attached hydrogens (tertiary/aromatic N) is 1. The van der Waals surface area contributed by atoms with E-state index < -0.39 is 17.6 Å². The second kappa shape index (κ2) is 3.24. The topological polar surface area (TPSA) is 55.6 Å². The highest BCUT2D eigenvalue weighted by Crippen LogP contribution is 2.33. The summed E-state index contributed by atoms with van der Waals surface area (Å²) in [5.74, 6) is -0.402. The summed E-state index contributed by atoms with van der Waals surface area (Å²) >= 11 is 0. The first kappa shape index (κ1) is 9.83. The van der Waals surface area contributed by atoms with Crippen molar-refractivity contribution in [1.82, 2.24) is 4.90 Å². The summed E-state index contributed by atoms with van der Waals surface area (Å²) in [4.78, 5) is 23.6. The lowest BCUT2D eigenvalue weighted by molar-refractivity contribution is -0.144. The average Bonchev–Trinajstić information content (AvgIpc) is 2.79. The number of methoxy groups -OCH3 is 1. The number of rotatable bonds is 2. The van der Waals surface area contributed by atoms with Gasteiger partial charge in [-0.1, -0.05) is 0 Å². The molecule has 0 aromatic rings. The third-order valence-electron chi connectivity index (χ3n) is 2.07. The zero-order chi connectivity index (χ0) is 10.1. The van der Waals surface area contributed by atoms with E-state index >= 15 is 0 Å². The molecule has 1 atom stereocenters. The fourth-order valence-corrected chi connectivity index (χ4v) is 1.13. The molecule has 1 fully saturated rings. The van der Waals surface area contributed by atoms with Crippen LogP contribution in [0.2, 0.25) is 0 Å². The van der Waals surface area contributed by atoms with E-state index in [9.17, 15) is 9.59 Å². The minimum atomic E-state index is -0.805. The lowest BCUT2D eigenvalue weighted by Gasteiger charge is -2.09. The smallest absolute Gasteiger partial charge is 0.410 e. The van der Waals surface area contributed by atoms with Crippen molar-refractivity contribution in [1.29, 1.82) is 0 Å². The van der Waals surface area contributed by atoms with Gasteiger partial charge in [0.05, 0.1) is 20.3 Å². The van der Waals surface area contributed by atoms with Crippen LogP contribution in [0.1, 0.15) is 13.8 Å². The Bertz CT molecular complexity index is 240. The van der Waals surface area contributed by atoms with Gasteiger partial charge in [-0.3, -0.25) is 4.90 Å². The van der Waals surface area contributed by atoms with Crippen molar-refractivity contribution >= 4 is 12.1 Å². The van der Waals surface area contributed by atoms with Crippen molar-refractivity contribution in [2.75, 3.05) is 20.3 Å². The lowest BCUT2D eigenvalue weighted by atomic mass is 10.2. The number of carbonyl (C=O) groups is 2. The molecule has 0 bridgehead atoms. The van der Waals surface area contributed by atoms with E-state index in [2.05, 4.69) is 4.74 Å². The van der Waals surface area contributed by atoms with Gasteiger partial charge in [0.25, 0.3) is 0 Å². The predicted octanol–water partition coefficient (Wildman–Crippen LogP) is 0.390. The first-order valence-corrected chi connectivity index (χ1v) is 4.09. The second-order valence-corrected chi connectivity index (χ2v) is 3.05. The molecule has 74 valence electrons. The molecule has 0 unspecified atom stereocenters. The highest BCUT2D eigenvalue weighted by Gasteiger charge is 2.59. The van der Waals surface area contributed by atoms with Crippen LogP contribution in [0.15, 0.2) is 0 Å². The molecule has 1 rings (SSSR count). The zero-order valence-electron chi connectivity index (χ0n) is 7.99. The van der Waals surface area contributed by atoms with Crippen molar-refractivity contribution in [3.05, 3.63) is 0 Å². The molecule has 1 aliphatic rings. The summed E-state index contributed by atoms with van der Waals surface area (Å²) in [7, 11) is 1.30. The highest BCUT2D eigenvalue weighted by atomic mass is 16.6. The summed E-state index contributed by atoms with van der Waals surface area (Å²) in [6.45, 7) is 4.05. The normalized spacial score (nSPS) is 25.3. The number of amides is 1. The van der Waals surface area contributed by atoms with Crippen LogP contribution in [0.3, 0.4) is 0 Å². The van der Waals surface area contributed by atoms with Crippen molar-refractivity contribution in [3.8, 4) is 0 Å². The first-order chi connectivity index (χ1) is 6.06. The lowest BCUT2D eigenvalue weighted by Crippen LogP contribution is -2.30. The van der Waals surface area contributed by atoms with E-state index in [1.54, 1.807) is 13.8 Å². The maximum atomic E-state index is 11.1. The maximum absolute atomic E-state index is 11.1. The van der Waals surface area contributed by atoms with Crippen molar-refractivity contribution in [2.45, 2.75) is 19.4 Å². The van der Waals surface area contributed by atoms with Gasteiger partial charge in [-0.05, 0) is 13.8 Å². The molecule has 0 aromatic carbocycles. The largest absolute Gasteiger partial charge is 0.467 e. The predicted molar refractivity (Wildman–Crippen MR) is 44.1 cm³/mol. The van der Waals surface area contributed by atoms with Crippen LogP contribution in [0, 0.1) is 0 Å². The van der Waals surface area contributed by atoms with Gasteiger partial charge in [0.15, 0.2) is 5.54 Å². The van der Waals surface area contributed by atoms with Crippen molar-refractivity contribution in [2.24, 2.45) is 0 Å². The molecule has 13 heavy (non-hydrogen) atoms. The van der Waals surface area contributed by atoms with E-state index in [0.29, 0.717) is 13.2 Å². The standard InChI is InChI=1S/C8H13NO4/c1-4-13-7(11)9-5-8(9,2)6(10)12-3/h4-5H2,1-3H3/t8-,9?/m1/s1. The van der Waals surface area contributed by atoms with Gasteiger partial charge in [0.1, 0.15) is 0 Å². The van der Waals surface area contributed by atoms with E-state index in [0.717, 1.165) is 0 Å². The Kier molecular flexibility index (Phi) is 2.45. The van der Waals surface area contributed by atoms with Crippen LogP contribution >= 0.6 is 0 Å². The van der Waals surface area contributed by atoms with Crippen LogP contribution in [-0.4, -0.2) is 42.8 Å². The fourth-order valence-electron chi connectivity index (χ4n) is 1.13. The minimum absolute atomic E-state index is 0.312. The molecule has 0 radical (unpaired) electrons. The van der Waals surface area contributed by atoms with E-state index in [4.69, 9.17) is 4.74 Å². The fraction of sp³-hybridized carbons (Fsp3) is 0.750. The van der Waals surface area contributed by atoms with E-state index in [1.165, 1.54) is 12.0 Å². The Labute approximate surface area is 76.6 Å². The molecule has 0 N–H and O–H groups in total. The molecule has 5 heteroatoms. The third-order valence-corrected chi connectivity index (χ3v) is 2.07. The number of ether oxygens (including phenoxy) is 2. The number of hydrogen-bond acceptors (Lipinski definition) is 4. The molecule has 1 saturated heterocycles. The molecule has 1 amide bonds. The zero-order valence-corrected chi connectivity index (χ0v) is 7.99. The summed E-state index contributed by atoms with van der Waals surface area (Å²) in [5.41, 5.74) is -0.805. The van der Waals surface area contributed by atoms with Gasteiger partial charge in [-0.15, -0.1) is 0 Å². The molecule has 0 saturated carbocycles. The molecule has 0 aliphatic carbocycles. The molecular weight excluding hydrogens is 174 g/mol. The third kappa shape index (κ3) is 1.59. The number of esters is 1. The molecule has 0 spiro atoms. The molecule has 0 aromatic heterocycles. The average molecular weight is 187 g/mol. The Hall–Kier alpha value is -1.26. The van der Waals surface area contributed by atoms with E-state index in [-0.39, 0.29) is 0 Å². The molecule has 1 aliphatic heterocycles. The van der Waals surface area contributed by atoms with Gasteiger partial charge in [0, 0.05) is 0 Å². The maximum Gasteiger partial charge on any atom is 0.410 e. The van der Waals surface area contributed by atoms with Gasteiger partial charge in [0.2, 0.25) is 0 Å². The van der Waals surface area contributed by atoms with Crippen LogP contribution < -0.4 is 0 Å². The first-order valence-electron chi connectivity index (χ1n) is 4.09. The Balaban J connectivity index is 2.52. The quantitative estimate of drug-likeness (QED) is 0.463. The van der Waals surface area contributed by atoms with Gasteiger partial charge in [-0.2, -0.15) is 0 Å².